The van der Waals surface area contributed by atoms with E-state index in [0.29, 0.717) is 5.76 Å². The Kier molecular flexibility index (Phi) is 4.58. The quantitative estimate of drug-likeness (QED) is 0.851. The number of ether oxygens (including phenoxy) is 1. The van der Waals surface area contributed by atoms with Crippen LogP contribution < -0.4 is 5.32 Å². The molecule has 1 heterocycles. The molecule has 0 aliphatic heterocycles. The Morgan fingerprint density at radius 3 is 2.50 bits per heavy atom. The number of methoxy groups -OCH3 is 1. The lowest BCUT2D eigenvalue weighted by molar-refractivity contribution is 0.0562. The molecule has 1 aromatic carbocycles. The summed E-state index contributed by atoms with van der Waals surface area (Å²) >= 11 is 0. The second-order valence-electron chi connectivity index (χ2n) is 4.51. The van der Waals surface area contributed by atoms with Crippen LogP contribution in [0.5, 0.6) is 0 Å². The van der Waals surface area contributed by atoms with Crippen molar-refractivity contribution < 1.29 is 13.9 Å². The molecule has 2 aromatic rings. The van der Waals surface area contributed by atoms with Gasteiger partial charge in [-0.2, -0.15) is 0 Å². The Labute approximate surface area is 118 Å². The van der Waals surface area contributed by atoms with Gasteiger partial charge >= 0.3 is 5.97 Å². The monoisotopic (exact) mass is 273 g/mol. The number of hydrogen-bond donors (Lipinski definition) is 1. The number of nitrogens with one attached hydrogen (secondary N) is 1. The van der Waals surface area contributed by atoms with Gasteiger partial charge in [0.2, 0.25) is 5.76 Å². The van der Waals surface area contributed by atoms with Crippen LogP contribution in [0.3, 0.4) is 0 Å². The number of carbonyl (C=O) groups is 1. The number of benzene rings is 1. The van der Waals surface area contributed by atoms with Gasteiger partial charge in [0.05, 0.1) is 13.2 Å². The van der Waals surface area contributed by atoms with Gasteiger partial charge in [-0.05, 0) is 36.7 Å². The third kappa shape index (κ3) is 2.91. The third-order valence-electron chi connectivity index (χ3n) is 3.31. The summed E-state index contributed by atoms with van der Waals surface area (Å²) in [5.41, 5.74) is 2.38. The molecule has 0 saturated heterocycles. The van der Waals surface area contributed by atoms with Crippen LogP contribution in [0.2, 0.25) is 0 Å². The van der Waals surface area contributed by atoms with Crippen molar-refractivity contribution >= 4 is 5.97 Å². The maximum absolute atomic E-state index is 11.4. The molecule has 0 spiro atoms. The maximum atomic E-state index is 11.4. The Morgan fingerprint density at radius 1 is 1.25 bits per heavy atom. The molecule has 0 saturated carbocycles. The second kappa shape index (κ2) is 6.39. The summed E-state index contributed by atoms with van der Waals surface area (Å²) < 4.78 is 10.2. The molecule has 1 N–H and O–H groups in total. The van der Waals surface area contributed by atoms with Crippen molar-refractivity contribution in [3.8, 4) is 0 Å². The minimum absolute atomic E-state index is 0.0840. The van der Waals surface area contributed by atoms with Crippen LogP contribution in [0.25, 0.3) is 0 Å². The molecule has 0 amide bonds. The molecule has 1 aromatic heterocycles. The van der Waals surface area contributed by atoms with Crippen LogP contribution in [0.4, 0.5) is 0 Å². The van der Waals surface area contributed by atoms with Crippen LogP contribution in [-0.4, -0.2) is 20.1 Å². The standard InChI is InChI=1S/C16H19NO3/c1-4-11-5-7-12(8-6-11)15(17-2)13-9-10-14(20-13)16(18)19-3/h5-10,15,17H,4H2,1-3H3. The Bertz CT molecular complexity index is 572. The van der Waals surface area contributed by atoms with Crippen molar-refractivity contribution in [2.45, 2.75) is 19.4 Å². The van der Waals surface area contributed by atoms with Crippen LogP contribution in [0, 0.1) is 0 Å². The first-order valence-electron chi connectivity index (χ1n) is 6.63. The molecule has 20 heavy (non-hydrogen) atoms. The van der Waals surface area contributed by atoms with Crippen molar-refractivity contribution in [3.63, 3.8) is 0 Å². The van der Waals surface area contributed by atoms with E-state index >= 15 is 0 Å². The summed E-state index contributed by atoms with van der Waals surface area (Å²) in [6.45, 7) is 2.12. The summed E-state index contributed by atoms with van der Waals surface area (Å²) in [5, 5.41) is 3.20. The molecule has 0 bridgehead atoms. The van der Waals surface area contributed by atoms with Gasteiger partial charge in [0, 0.05) is 0 Å². The highest BCUT2D eigenvalue weighted by Gasteiger charge is 2.18. The van der Waals surface area contributed by atoms with Gasteiger partial charge in [0.15, 0.2) is 0 Å². The fraction of sp³-hybridized carbons (Fsp3) is 0.312. The summed E-state index contributed by atoms with van der Waals surface area (Å²) in [6.07, 6.45) is 1.01. The van der Waals surface area contributed by atoms with E-state index in [-0.39, 0.29) is 11.8 Å². The highest BCUT2D eigenvalue weighted by molar-refractivity contribution is 5.86. The van der Waals surface area contributed by atoms with Gasteiger partial charge in [-0.1, -0.05) is 31.2 Å². The zero-order chi connectivity index (χ0) is 14.5. The number of furan rings is 1. The lowest BCUT2D eigenvalue weighted by Gasteiger charge is -2.14. The average Bonchev–Trinajstić information content (AvgIpc) is 2.97. The van der Waals surface area contributed by atoms with E-state index in [1.165, 1.54) is 12.7 Å². The second-order valence-corrected chi connectivity index (χ2v) is 4.51. The molecule has 0 aliphatic carbocycles. The van der Waals surface area contributed by atoms with E-state index in [0.717, 1.165) is 12.0 Å². The SMILES string of the molecule is CCc1ccc(C(NC)c2ccc(C(=O)OC)o2)cc1. The summed E-state index contributed by atoms with van der Waals surface area (Å²) in [6, 6.07) is 11.7. The zero-order valence-corrected chi connectivity index (χ0v) is 12.0. The fourth-order valence-electron chi connectivity index (χ4n) is 2.14. The molecule has 2 rings (SSSR count). The molecular weight excluding hydrogens is 254 g/mol. The van der Waals surface area contributed by atoms with Gasteiger partial charge in [-0.15, -0.1) is 0 Å². The van der Waals surface area contributed by atoms with E-state index in [1.807, 2.05) is 7.05 Å². The third-order valence-corrected chi connectivity index (χ3v) is 3.31. The fourth-order valence-corrected chi connectivity index (χ4v) is 2.14. The van der Waals surface area contributed by atoms with E-state index in [4.69, 9.17) is 4.42 Å². The van der Waals surface area contributed by atoms with Crippen molar-refractivity contribution in [3.05, 3.63) is 59.0 Å². The molecule has 1 atom stereocenters. The molecule has 0 radical (unpaired) electrons. The van der Waals surface area contributed by atoms with Gasteiger partial charge in [0.25, 0.3) is 0 Å². The minimum Gasteiger partial charge on any atom is -0.463 e. The molecular formula is C16H19NO3. The molecule has 106 valence electrons. The van der Waals surface area contributed by atoms with Crippen molar-refractivity contribution in [1.29, 1.82) is 0 Å². The number of carbonyl (C=O) groups excluding carboxylic acids is 1. The van der Waals surface area contributed by atoms with Gasteiger partial charge in [-0.25, -0.2) is 4.79 Å². The largest absolute Gasteiger partial charge is 0.463 e. The topological polar surface area (TPSA) is 51.5 Å². The Morgan fingerprint density at radius 2 is 1.95 bits per heavy atom. The van der Waals surface area contributed by atoms with E-state index in [9.17, 15) is 4.79 Å². The Hall–Kier alpha value is -2.07. The van der Waals surface area contributed by atoms with Crippen molar-refractivity contribution in [2.75, 3.05) is 14.2 Å². The normalized spacial score (nSPS) is 12.2. The maximum Gasteiger partial charge on any atom is 0.373 e. The zero-order valence-electron chi connectivity index (χ0n) is 12.0. The molecule has 1 unspecified atom stereocenters. The first kappa shape index (κ1) is 14.3. The molecule has 4 nitrogen and oxygen atoms in total. The van der Waals surface area contributed by atoms with E-state index in [2.05, 4.69) is 41.2 Å². The first-order valence-corrected chi connectivity index (χ1v) is 6.63. The molecule has 0 aliphatic rings. The summed E-state index contributed by atoms with van der Waals surface area (Å²) in [7, 11) is 3.20. The Balaban J connectivity index is 2.26. The van der Waals surface area contributed by atoms with Gasteiger partial charge < -0.3 is 14.5 Å². The molecule has 4 heteroatoms. The highest BCUT2D eigenvalue weighted by Crippen LogP contribution is 2.24. The van der Waals surface area contributed by atoms with E-state index < -0.39 is 5.97 Å². The average molecular weight is 273 g/mol. The van der Waals surface area contributed by atoms with Crippen LogP contribution >= 0.6 is 0 Å². The van der Waals surface area contributed by atoms with Crippen molar-refractivity contribution in [2.24, 2.45) is 0 Å². The first-order chi connectivity index (χ1) is 9.69. The van der Waals surface area contributed by atoms with Gasteiger partial charge in [-0.3, -0.25) is 0 Å². The van der Waals surface area contributed by atoms with Crippen molar-refractivity contribution in [1.82, 2.24) is 5.32 Å². The van der Waals surface area contributed by atoms with Crippen LogP contribution in [0.1, 0.15) is 40.4 Å². The molecule has 0 fully saturated rings. The number of aryl methyl sites for hydroxylation is 1. The van der Waals surface area contributed by atoms with Crippen LogP contribution in [-0.2, 0) is 11.2 Å². The summed E-state index contributed by atoms with van der Waals surface area (Å²) in [5.74, 6) is 0.442. The lowest BCUT2D eigenvalue weighted by atomic mass is 10.0. The minimum atomic E-state index is -0.465. The summed E-state index contributed by atoms with van der Waals surface area (Å²) in [4.78, 5) is 11.4. The smallest absolute Gasteiger partial charge is 0.373 e. The predicted octanol–water partition coefficient (Wildman–Crippen LogP) is 2.94. The van der Waals surface area contributed by atoms with Crippen LogP contribution in [0.15, 0.2) is 40.8 Å². The number of hydrogen-bond acceptors (Lipinski definition) is 4. The number of rotatable bonds is 5. The van der Waals surface area contributed by atoms with E-state index in [1.54, 1.807) is 12.1 Å². The van der Waals surface area contributed by atoms with Gasteiger partial charge in [0.1, 0.15) is 5.76 Å². The lowest BCUT2D eigenvalue weighted by Crippen LogP contribution is -2.17. The highest BCUT2D eigenvalue weighted by atomic mass is 16.5. The number of esters is 1. The predicted molar refractivity (Wildman–Crippen MR) is 76.8 cm³/mol.